The molecule has 1 aromatic rings. The Labute approximate surface area is 128 Å². The molecule has 0 amide bonds. The molecular formula is C16H21BrFNO. The minimum Gasteiger partial charge on any atom is -0.377 e. The second kappa shape index (κ2) is 5.74. The van der Waals surface area contributed by atoms with Crippen molar-refractivity contribution in [3.8, 4) is 0 Å². The summed E-state index contributed by atoms with van der Waals surface area (Å²) in [5.41, 5.74) is 1.16. The molecule has 2 atom stereocenters. The van der Waals surface area contributed by atoms with Gasteiger partial charge in [-0.1, -0.05) is 15.9 Å². The van der Waals surface area contributed by atoms with Crippen LogP contribution in [0.4, 0.5) is 4.39 Å². The Morgan fingerprint density at radius 3 is 2.95 bits per heavy atom. The first-order valence-electron chi connectivity index (χ1n) is 7.35. The SMILES string of the molecule is CNCC1(Cc2cc(F)ccc2Br)CCOC1C1CC1. The van der Waals surface area contributed by atoms with Gasteiger partial charge >= 0.3 is 0 Å². The van der Waals surface area contributed by atoms with Crippen LogP contribution in [0.1, 0.15) is 24.8 Å². The molecule has 0 bridgehead atoms. The highest BCUT2D eigenvalue weighted by Gasteiger charge is 2.50. The standard InChI is InChI=1S/C16H21BrFNO/c1-19-10-16(6-7-20-15(16)11-2-3-11)9-12-8-13(18)4-5-14(12)17/h4-5,8,11,15,19H,2-3,6-7,9-10H2,1H3. The van der Waals surface area contributed by atoms with Crippen molar-refractivity contribution in [2.75, 3.05) is 20.2 Å². The van der Waals surface area contributed by atoms with Crippen molar-refractivity contribution in [3.05, 3.63) is 34.1 Å². The maximum absolute atomic E-state index is 13.5. The monoisotopic (exact) mass is 341 g/mol. The van der Waals surface area contributed by atoms with Gasteiger partial charge in [0.25, 0.3) is 0 Å². The summed E-state index contributed by atoms with van der Waals surface area (Å²) in [6.07, 6.45) is 4.80. The second-order valence-electron chi connectivity index (χ2n) is 6.18. The summed E-state index contributed by atoms with van der Waals surface area (Å²) in [7, 11) is 1.99. The number of nitrogens with one attached hydrogen (secondary N) is 1. The van der Waals surface area contributed by atoms with Crippen LogP contribution in [-0.4, -0.2) is 26.3 Å². The maximum Gasteiger partial charge on any atom is 0.123 e. The molecule has 1 saturated carbocycles. The molecule has 0 aromatic heterocycles. The summed E-state index contributed by atoms with van der Waals surface area (Å²) in [5, 5.41) is 3.33. The molecule has 3 rings (SSSR count). The molecule has 2 nitrogen and oxygen atoms in total. The molecule has 1 heterocycles. The highest BCUT2D eigenvalue weighted by atomic mass is 79.9. The molecule has 2 unspecified atom stereocenters. The van der Waals surface area contributed by atoms with E-state index < -0.39 is 0 Å². The Hall–Kier alpha value is -0.450. The van der Waals surface area contributed by atoms with Gasteiger partial charge in [-0.25, -0.2) is 4.39 Å². The van der Waals surface area contributed by atoms with E-state index in [9.17, 15) is 4.39 Å². The summed E-state index contributed by atoms with van der Waals surface area (Å²) in [6.45, 7) is 1.76. The first kappa shape index (κ1) is 14.5. The Kier molecular flexibility index (Phi) is 4.16. The van der Waals surface area contributed by atoms with E-state index in [1.54, 1.807) is 12.1 Å². The third-order valence-electron chi connectivity index (χ3n) is 4.63. The van der Waals surface area contributed by atoms with Crippen molar-refractivity contribution in [2.24, 2.45) is 11.3 Å². The van der Waals surface area contributed by atoms with E-state index in [0.717, 1.165) is 36.0 Å². The summed E-state index contributed by atoms with van der Waals surface area (Å²) < 4.78 is 20.6. The van der Waals surface area contributed by atoms with Gasteiger partial charge in [0.15, 0.2) is 0 Å². The van der Waals surface area contributed by atoms with Crippen LogP contribution in [0.15, 0.2) is 22.7 Å². The molecule has 1 aliphatic carbocycles. The van der Waals surface area contributed by atoms with Gasteiger partial charge < -0.3 is 10.1 Å². The zero-order chi connectivity index (χ0) is 14.2. The lowest BCUT2D eigenvalue weighted by atomic mass is 9.74. The van der Waals surface area contributed by atoms with Crippen LogP contribution in [-0.2, 0) is 11.2 Å². The molecular weight excluding hydrogens is 321 g/mol. The van der Waals surface area contributed by atoms with Crippen LogP contribution in [0, 0.1) is 17.2 Å². The fourth-order valence-electron chi connectivity index (χ4n) is 3.59. The van der Waals surface area contributed by atoms with Crippen molar-refractivity contribution >= 4 is 15.9 Å². The average Bonchev–Trinajstić information content (AvgIpc) is 3.17. The lowest BCUT2D eigenvalue weighted by molar-refractivity contribution is 0.0314. The fraction of sp³-hybridized carbons (Fsp3) is 0.625. The van der Waals surface area contributed by atoms with Gasteiger partial charge in [-0.3, -0.25) is 0 Å². The molecule has 2 aliphatic rings. The van der Waals surface area contributed by atoms with E-state index in [4.69, 9.17) is 4.74 Å². The van der Waals surface area contributed by atoms with Gasteiger partial charge in [-0.2, -0.15) is 0 Å². The molecule has 4 heteroatoms. The molecule has 1 aromatic carbocycles. The summed E-state index contributed by atoms with van der Waals surface area (Å²) in [4.78, 5) is 0. The topological polar surface area (TPSA) is 21.3 Å². The lowest BCUT2D eigenvalue weighted by Crippen LogP contribution is -2.42. The quantitative estimate of drug-likeness (QED) is 0.884. The van der Waals surface area contributed by atoms with Gasteiger partial charge in [0.2, 0.25) is 0 Å². The zero-order valence-electron chi connectivity index (χ0n) is 11.8. The molecule has 1 N–H and O–H groups in total. The third kappa shape index (κ3) is 2.78. The minimum atomic E-state index is -0.162. The number of halogens is 2. The van der Waals surface area contributed by atoms with Crippen LogP contribution in [0.25, 0.3) is 0 Å². The highest BCUT2D eigenvalue weighted by Crippen LogP contribution is 2.49. The van der Waals surface area contributed by atoms with Gasteiger partial charge in [0, 0.05) is 23.0 Å². The van der Waals surface area contributed by atoms with Crippen molar-refractivity contribution in [2.45, 2.75) is 31.8 Å². The van der Waals surface area contributed by atoms with Gasteiger partial charge in [0.1, 0.15) is 5.82 Å². The van der Waals surface area contributed by atoms with E-state index in [1.165, 1.54) is 18.9 Å². The van der Waals surface area contributed by atoms with Crippen molar-refractivity contribution in [1.82, 2.24) is 5.32 Å². The molecule has 1 saturated heterocycles. The van der Waals surface area contributed by atoms with Gasteiger partial charge in [-0.05, 0) is 62.4 Å². The van der Waals surface area contributed by atoms with E-state index in [2.05, 4.69) is 21.2 Å². The Bertz CT molecular complexity index is 491. The minimum absolute atomic E-state index is 0.103. The van der Waals surface area contributed by atoms with Gasteiger partial charge in [-0.15, -0.1) is 0 Å². The summed E-state index contributed by atoms with van der Waals surface area (Å²) in [6, 6.07) is 4.96. The fourth-order valence-corrected chi connectivity index (χ4v) is 3.98. The predicted molar refractivity (Wildman–Crippen MR) is 81.2 cm³/mol. The molecule has 0 spiro atoms. The zero-order valence-corrected chi connectivity index (χ0v) is 13.4. The normalized spacial score (nSPS) is 29.9. The molecule has 1 aliphatic heterocycles. The van der Waals surface area contributed by atoms with E-state index in [1.807, 2.05) is 7.05 Å². The smallest absolute Gasteiger partial charge is 0.123 e. The van der Waals surface area contributed by atoms with Crippen molar-refractivity contribution in [3.63, 3.8) is 0 Å². The maximum atomic E-state index is 13.5. The molecule has 2 fully saturated rings. The number of hydrogen-bond donors (Lipinski definition) is 1. The number of ether oxygens (including phenoxy) is 1. The molecule has 0 radical (unpaired) electrons. The van der Waals surface area contributed by atoms with Crippen LogP contribution < -0.4 is 5.32 Å². The van der Waals surface area contributed by atoms with Crippen LogP contribution in [0.5, 0.6) is 0 Å². The van der Waals surface area contributed by atoms with E-state index in [-0.39, 0.29) is 11.2 Å². The first-order chi connectivity index (χ1) is 9.64. The van der Waals surface area contributed by atoms with Crippen molar-refractivity contribution < 1.29 is 9.13 Å². The number of benzene rings is 1. The van der Waals surface area contributed by atoms with Crippen LogP contribution in [0.3, 0.4) is 0 Å². The predicted octanol–water partition coefficient (Wildman–Crippen LogP) is 3.54. The Morgan fingerprint density at radius 2 is 2.25 bits per heavy atom. The summed E-state index contributed by atoms with van der Waals surface area (Å²) in [5.74, 6) is 0.544. The highest BCUT2D eigenvalue weighted by molar-refractivity contribution is 9.10. The second-order valence-corrected chi connectivity index (χ2v) is 7.04. The third-order valence-corrected chi connectivity index (χ3v) is 5.40. The van der Waals surface area contributed by atoms with Gasteiger partial charge in [0.05, 0.1) is 6.10 Å². The molecule has 20 heavy (non-hydrogen) atoms. The number of rotatable bonds is 5. The molecule has 110 valence electrons. The lowest BCUT2D eigenvalue weighted by Gasteiger charge is -2.35. The Morgan fingerprint density at radius 1 is 1.45 bits per heavy atom. The first-order valence-corrected chi connectivity index (χ1v) is 8.14. The van der Waals surface area contributed by atoms with E-state index in [0.29, 0.717) is 12.0 Å². The largest absolute Gasteiger partial charge is 0.377 e. The average molecular weight is 342 g/mol. The van der Waals surface area contributed by atoms with E-state index >= 15 is 0 Å². The number of hydrogen-bond acceptors (Lipinski definition) is 2. The van der Waals surface area contributed by atoms with Crippen molar-refractivity contribution in [1.29, 1.82) is 0 Å². The summed E-state index contributed by atoms with van der Waals surface area (Å²) >= 11 is 3.56. The van der Waals surface area contributed by atoms with Crippen LogP contribution >= 0.6 is 15.9 Å². The Balaban J connectivity index is 1.88. The van der Waals surface area contributed by atoms with Crippen LogP contribution in [0.2, 0.25) is 0 Å².